The number of nitrogens with one attached hydrogen (secondary N) is 2. The number of anilines is 2. The molecule has 2 N–H and O–H groups in total. The van der Waals surface area contributed by atoms with Crippen LogP contribution in [-0.2, 0) is 6.42 Å². The summed E-state index contributed by atoms with van der Waals surface area (Å²) in [6.07, 6.45) is 2.29. The van der Waals surface area contributed by atoms with E-state index < -0.39 is 0 Å². The van der Waals surface area contributed by atoms with Crippen molar-refractivity contribution in [3.05, 3.63) is 83.8 Å². The number of para-hydroxylation sites is 1. The smallest absolute Gasteiger partial charge is 0.274 e. The van der Waals surface area contributed by atoms with Gasteiger partial charge in [0, 0.05) is 18.3 Å². The average Bonchev–Trinajstić information content (AvgIpc) is 2.69. The predicted molar refractivity (Wildman–Crippen MR) is 109 cm³/mol. The molecular weight excluding hydrogens is 336 g/mol. The van der Waals surface area contributed by atoms with Crippen LogP contribution in [0.4, 0.5) is 11.5 Å². The van der Waals surface area contributed by atoms with E-state index in [9.17, 15) is 4.79 Å². The Balaban J connectivity index is 1.64. The first-order chi connectivity index (χ1) is 13.1. The molecule has 0 saturated carbocycles. The van der Waals surface area contributed by atoms with E-state index in [1.165, 1.54) is 11.9 Å². The monoisotopic (exact) mass is 360 g/mol. The quantitative estimate of drug-likeness (QED) is 0.651. The van der Waals surface area contributed by atoms with Crippen LogP contribution in [0.5, 0.6) is 0 Å². The van der Waals surface area contributed by atoms with Gasteiger partial charge in [-0.3, -0.25) is 4.79 Å². The van der Waals surface area contributed by atoms with Crippen molar-refractivity contribution in [1.29, 1.82) is 0 Å². The molecule has 0 aliphatic heterocycles. The largest absolute Gasteiger partial charge is 0.370 e. The van der Waals surface area contributed by atoms with Gasteiger partial charge in [0.1, 0.15) is 17.8 Å². The van der Waals surface area contributed by atoms with Crippen LogP contribution in [0.15, 0.2) is 67.0 Å². The highest BCUT2D eigenvalue weighted by molar-refractivity contribution is 6.03. The Morgan fingerprint density at radius 1 is 1.00 bits per heavy atom. The summed E-state index contributed by atoms with van der Waals surface area (Å²) in [4.78, 5) is 20.9. The fourth-order valence-corrected chi connectivity index (χ4v) is 2.86. The van der Waals surface area contributed by atoms with Gasteiger partial charge in [0.2, 0.25) is 0 Å². The highest BCUT2D eigenvalue weighted by Crippen LogP contribution is 2.24. The number of benzene rings is 2. The number of aromatic nitrogens is 2. The third-order valence-corrected chi connectivity index (χ3v) is 4.29. The van der Waals surface area contributed by atoms with Crippen LogP contribution in [-0.4, -0.2) is 22.4 Å². The first-order valence-corrected chi connectivity index (χ1v) is 9.13. The predicted octanol–water partition coefficient (Wildman–Crippen LogP) is 4.51. The van der Waals surface area contributed by atoms with Gasteiger partial charge >= 0.3 is 0 Å². The first-order valence-electron chi connectivity index (χ1n) is 9.13. The van der Waals surface area contributed by atoms with E-state index >= 15 is 0 Å². The van der Waals surface area contributed by atoms with Crippen LogP contribution in [0.2, 0.25) is 0 Å². The van der Waals surface area contributed by atoms with Crippen molar-refractivity contribution in [2.45, 2.75) is 26.2 Å². The minimum atomic E-state index is -0.239. The number of nitrogens with zero attached hydrogens (tertiary/aromatic N) is 2. The molecule has 0 bridgehead atoms. The van der Waals surface area contributed by atoms with Gasteiger partial charge in [0.05, 0.1) is 0 Å². The summed E-state index contributed by atoms with van der Waals surface area (Å²) in [5.41, 5.74) is 3.50. The topological polar surface area (TPSA) is 66.9 Å². The Kier molecular flexibility index (Phi) is 6.15. The Morgan fingerprint density at radius 2 is 1.74 bits per heavy atom. The molecule has 1 amide bonds. The SMILES string of the molecule is CC(C)c1ccccc1NC(=O)c1cc(NCCc2ccccc2)ncn1. The minimum absolute atomic E-state index is 0.239. The number of amides is 1. The maximum Gasteiger partial charge on any atom is 0.274 e. The molecule has 3 aromatic rings. The Hall–Kier alpha value is -3.21. The molecular formula is C22H24N4O. The Bertz CT molecular complexity index is 894. The van der Waals surface area contributed by atoms with Gasteiger partial charge in [0.25, 0.3) is 5.91 Å². The molecule has 0 radical (unpaired) electrons. The van der Waals surface area contributed by atoms with Crippen molar-refractivity contribution in [3.8, 4) is 0 Å². The summed E-state index contributed by atoms with van der Waals surface area (Å²) < 4.78 is 0. The van der Waals surface area contributed by atoms with E-state index in [1.807, 2.05) is 42.5 Å². The third kappa shape index (κ3) is 5.14. The van der Waals surface area contributed by atoms with E-state index in [-0.39, 0.29) is 5.91 Å². The van der Waals surface area contributed by atoms with E-state index in [0.717, 1.165) is 24.2 Å². The van der Waals surface area contributed by atoms with Crippen LogP contribution in [0.1, 0.15) is 41.4 Å². The Morgan fingerprint density at radius 3 is 2.52 bits per heavy atom. The molecule has 2 aromatic carbocycles. The number of hydrogen-bond acceptors (Lipinski definition) is 4. The molecule has 1 aromatic heterocycles. The molecule has 3 rings (SSSR count). The maximum atomic E-state index is 12.6. The summed E-state index contributed by atoms with van der Waals surface area (Å²) in [6, 6.07) is 19.7. The second-order valence-corrected chi connectivity index (χ2v) is 6.65. The van der Waals surface area contributed by atoms with Crippen molar-refractivity contribution < 1.29 is 4.79 Å². The highest BCUT2D eigenvalue weighted by Gasteiger charge is 2.12. The maximum absolute atomic E-state index is 12.6. The second kappa shape index (κ2) is 8.94. The molecule has 5 nitrogen and oxygen atoms in total. The standard InChI is InChI=1S/C22H24N4O/c1-16(2)18-10-6-7-11-19(18)26-22(27)20-14-21(25-15-24-20)23-13-12-17-8-4-3-5-9-17/h3-11,14-16H,12-13H2,1-2H3,(H,26,27)(H,23,24,25). The molecule has 0 aliphatic rings. The first kappa shape index (κ1) is 18.6. The second-order valence-electron chi connectivity index (χ2n) is 6.65. The normalized spacial score (nSPS) is 10.6. The van der Waals surface area contributed by atoms with Gasteiger partial charge in [-0.05, 0) is 29.5 Å². The number of hydrogen-bond donors (Lipinski definition) is 2. The zero-order valence-corrected chi connectivity index (χ0v) is 15.6. The van der Waals surface area contributed by atoms with Gasteiger partial charge in [-0.1, -0.05) is 62.4 Å². The summed E-state index contributed by atoms with van der Waals surface area (Å²) in [6.45, 7) is 4.94. The molecule has 0 fully saturated rings. The van der Waals surface area contributed by atoms with Gasteiger partial charge in [-0.2, -0.15) is 0 Å². The number of carbonyl (C=O) groups excluding carboxylic acids is 1. The molecule has 0 aliphatic carbocycles. The van der Waals surface area contributed by atoms with Crippen LogP contribution in [0, 0.1) is 0 Å². The van der Waals surface area contributed by atoms with Crippen molar-refractivity contribution in [3.63, 3.8) is 0 Å². The number of rotatable bonds is 7. The summed E-state index contributed by atoms with van der Waals surface area (Å²) in [5, 5.41) is 6.21. The zero-order valence-electron chi connectivity index (χ0n) is 15.6. The average molecular weight is 360 g/mol. The van der Waals surface area contributed by atoms with Crippen molar-refractivity contribution >= 4 is 17.4 Å². The van der Waals surface area contributed by atoms with E-state index in [2.05, 4.69) is 46.6 Å². The van der Waals surface area contributed by atoms with Gasteiger partial charge in [0.15, 0.2) is 0 Å². The molecule has 0 spiro atoms. The molecule has 27 heavy (non-hydrogen) atoms. The number of carbonyl (C=O) groups is 1. The lowest BCUT2D eigenvalue weighted by atomic mass is 10.0. The Labute approximate surface area is 159 Å². The van der Waals surface area contributed by atoms with E-state index in [1.54, 1.807) is 6.07 Å². The van der Waals surface area contributed by atoms with E-state index in [0.29, 0.717) is 17.4 Å². The molecule has 0 saturated heterocycles. The van der Waals surface area contributed by atoms with Gasteiger partial charge < -0.3 is 10.6 Å². The van der Waals surface area contributed by atoms with Crippen LogP contribution in [0.3, 0.4) is 0 Å². The molecule has 1 heterocycles. The zero-order chi connectivity index (χ0) is 19.1. The fourth-order valence-electron chi connectivity index (χ4n) is 2.86. The highest BCUT2D eigenvalue weighted by atomic mass is 16.1. The van der Waals surface area contributed by atoms with Crippen molar-refractivity contribution in [2.75, 3.05) is 17.2 Å². The lowest BCUT2D eigenvalue weighted by Crippen LogP contribution is -2.16. The molecule has 138 valence electrons. The van der Waals surface area contributed by atoms with E-state index in [4.69, 9.17) is 0 Å². The molecule has 5 heteroatoms. The van der Waals surface area contributed by atoms with Crippen LogP contribution < -0.4 is 10.6 Å². The lowest BCUT2D eigenvalue weighted by molar-refractivity contribution is 0.102. The molecule has 0 atom stereocenters. The summed E-state index contributed by atoms with van der Waals surface area (Å²) in [5.74, 6) is 0.724. The van der Waals surface area contributed by atoms with Crippen molar-refractivity contribution in [1.82, 2.24) is 9.97 Å². The van der Waals surface area contributed by atoms with Gasteiger partial charge in [-0.25, -0.2) is 9.97 Å². The van der Waals surface area contributed by atoms with Crippen LogP contribution in [0.25, 0.3) is 0 Å². The van der Waals surface area contributed by atoms with Crippen molar-refractivity contribution in [2.24, 2.45) is 0 Å². The lowest BCUT2D eigenvalue weighted by Gasteiger charge is -2.13. The summed E-state index contributed by atoms with van der Waals surface area (Å²) in [7, 11) is 0. The molecule has 0 unspecified atom stereocenters. The van der Waals surface area contributed by atoms with Crippen LogP contribution >= 0.6 is 0 Å². The van der Waals surface area contributed by atoms with Gasteiger partial charge in [-0.15, -0.1) is 0 Å². The third-order valence-electron chi connectivity index (χ3n) is 4.29. The fraction of sp³-hybridized carbons (Fsp3) is 0.227. The minimum Gasteiger partial charge on any atom is -0.370 e. The summed E-state index contributed by atoms with van der Waals surface area (Å²) >= 11 is 0.